The van der Waals surface area contributed by atoms with Crippen molar-refractivity contribution >= 4 is 17.1 Å². The number of para-hydroxylation sites is 1. The highest BCUT2D eigenvalue weighted by Gasteiger charge is 2.19. The van der Waals surface area contributed by atoms with Crippen LogP contribution in [0.5, 0.6) is 0 Å². The molecule has 0 amide bonds. The minimum atomic E-state index is -0.00984. The fraction of sp³-hybridized carbons (Fsp3) is 0. The summed E-state index contributed by atoms with van der Waals surface area (Å²) >= 11 is 0. The van der Waals surface area contributed by atoms with Gasteiger partial charge in [-0.2, -0.15) is 21.0 Å². The largest absolute Gasteiger partial charge is 0.311 e. The van der Waals surface area contributed by atoms with E-state index >= 15 is 0 Å². The lowest BCUT2D eigenvalue weighted by atomic mass is 9.99. The molecule has 7 aromatic carbocycles. The molecule has 0 saturated carbocycles. The molecule has 0 aliphatic heterocycles. The van der Waals surface area contributed by atoms with Crippen molar-refractivity contribution in [3.8, 4) is 91.6 Å². The molecule has 9 heteroatoms. The van der Waals surface area contributed by atoms with Gasteiger partial charge < -0.3 is 4.90 Å². The number of hydrogen-bond acceptors (Lipinski definition) is 9. The van der Waals surface area contributed by atoms with Crippen molar-refractivity contribution in [3.63, 3.8) is 0 Å². The molecule has 2 heterocycles. The maximum absolute atomic E-state index is 9.72. The molecule has 0 spiro atoms. The Morgan fingerprint density at radius 3 is 0.762 bits per heavy atom. The molecule has 0 bridgehead atoms. The zero-order valence-corrected chi connectivity index (χ0v) is 33.4. The van der Waals surface area contributed by atoms with Crippen LogP contribution in [0.3, 0.4) is 0 Å². The van der Waals surface area contributed by atoms with Gasteiger partial charge in [0.1, 0.15) is 24.3 Å². The molecular formula is C54H31N9. The van der Waals surface area contributed by atoms with E-state index in [0.717, 1.165) is 61.6 Å². The second-order valence-corrected chi connectivity index (χ2v) is 14.3. The van der Waals surface area contributed by atoms with Crippen molar-refractivity contribution < 1.29 is 0 Å². The summed E-state index contributed by atoms with van der Waals surface area (Å²) in [5.41, 5.74) is 12.3. The van der Waals surface area contributed by atoms with Gasteiger partial charge in [-0.3, -0.25) is 0 Å². The second-order valence-electron chi connectivity index (χ2n) is 14.3. The summed E-state index contributed by atoms with van der Waals surface area (Å²) in [6.45, 7) is 0. The topological polar surface area (TPSA) is 150 Å². The molecule has 0 unspecified atom stereocenters. The quantitative estimate of drug-likeness (QED) is 0.139. The van der Waals surface area contributed by atoms with E-state index < -0.39 is 0 Å². The second kappa shape index (κ2) is 17.4. The van der Waals surface area contributed by atoms with Crippen molar-refractivity contribution in [3.05, 3.63) is 211 Å². The Bertz CT molecular complexity index is 3060. The van der Waals surface area contributed by atoms with E-state index in [2.05, 4.69) is 85.5 Å². The van der Waals surface area contributed by atoms with Gasteiger partial charge in [0.2, 0.25) is 0 Å². The van der Waals surface area contributed by atoms with E-state index in [1.807, 2.05) is 152 Å². The van der Waals surface area contributed by atoms with Crippen molar-refractivity contribution in [1.29, 1.82) is 21.0 Å². The Hall–Kier alpha value is -9.54. The number of nitrogens with zero attached hydrogens (tertiary/aromatic N) is 9. The summed E-state index contributed by atoms with van der Waals surface area (Å²) in [4.78, 5) is 20.5. The predicted molar refractivity (Wildman–Crippen MR) is 244 cm³/mol. The molecular weight excluding hydrogens is 775 g/mol. The van der Waals surface area contributed by atoms with Crippen LogP contribution in [0.15, 0.2) is 188 Å². The van der Waals surface area contributed by atoms with Gasteiger partial charge in [-0.25, -0.2) is 19.9 Å². The zero-order valence-electron chi connectivity index (χ0n) is 33.4. The summed E-state index contributed by atoms with van der Waals surface area (Å²) in [5.74, 6) is 0. The maximum atomic E-state index is 9.72. The third kappa shape index (κ3) is 7.85. The summed E-state index contributed by atoms with van der Waals surface area (Å²) in [6.07, 6.45) is 0. The molecule has 9 aromatic rings. The molecule has 2 aromatic heterocycles. The van der Waals surface area contributed by atoms with Crippen LogP contribution in [0.1, 0.15) is 22.8 Å². The first-order valence-corrected chi connectivity index (χ1v) is 19.9. The highest BCUT2D eigenvalue weighted by molar-refractivity contribution is 5.84. The highest BCUT2D eigenvalue weighted by atomic mass is 15.1. The lowest BCUT2D eigenvalue weighted by molar-refractivity contribution is 1.14. The molecule has 0 N–H and O–H groups in total. The third-order valence-electron chi connectivity index (χ3n) is 10.6. The summed E-state index contributed by atoms with van der Waals surface area (Å²) in [5, 5.41) is 38.7. The van der Waals surface area contributed by atoms with Gasteiger partial charge in [-0.15, -0.1) is 0 Å². The molecule has 9 rings (SSSR count). The van der Waals surface area contributed by atoms with Crippen LogP contribution >= 0.6 is 0 Å². The molecule has 0 radical (unpaired) electrons. The van der Waals surface area contributed by atoms with Gasteiger partial charge in [0, 0.05) is 39.3 Å². The average molecular weight is 806 g/mol. The van der Waals surface area contributed by atoms with E-state index in [0.29, 0.717) is 22.8 Å². The summed E-state index contributed by atoms with van der Waals surface area (Å²) < 4.78 is 0. The average Bonchev–Trinajstić information content (AvgIpc) is 3.37. The molecule has 9 nitrogen and oxygen atoms in total. The van der Waals surface area contributed by atoms with Crippen LogP contribution in [-0.2, 0) is 0 Å². The van der Waals surface area contributed by atoms with Crippen molar-refractivity contribution in [2.45, 2.75) is 0 Å². The Balaban J connectivity index is 0.989. The summed E-state index contributed by atoms with van der Waals surface area (Å²) in [6, 6.07) is 70.1. The SMILES string of the molecule is N#Cc1nc(-c2ccccc2)c(-c2ccc(-c3ccc(N(c4ccccc4)c4ccc(-c5ccc(-c6nc(C#N)c(C#N)nc6-c6ccccc6)cc5)cc4)cc3)cc2)nc1C#N. The van der Waals surface area contributed by atoms with E-state index in [9.17, 15) is 21.0 Å². The highest BCUT2D eigenvalue weighted by Crippen LogP contribution is 2.38. The maximum Gasteiger partial charge on any atom is 0.177 e. The van der Waals surface area contributed by atoms with Gasteiger partial charge in [0.15, 0.2) is 22.8 Å². The predicted octanol–water partition coefficient (Wildman–Crippen LogP) is 12.2. The molecule has 0 atom stereocenters. The number of rotatable bonds is 9. The monoisotopic (exact) mass is 805 g/mol. The van der Waals surface area contributed by atoms with E-state index in [-0.39, 0.29) is 22.8 Å². The lowest BCUT2D eigenvalue weighted by Gasteiger charge is -2.26. The molecule has 0 fully saturated rings. The first-order valence-electron chi connectivity index (χ1n) is 19.9. The molecule has 0 aliphatic carbocycles. The van der Waals surface area contributed by atoms with Crippen molar-refractivity contribution in [2.24, 2.45) is 0 Å². The van der Waals surface area contributed by atoms with Gasteiger partial charge in [-0.05, 0) is 58.7 Å². The Kier molecular flexibility index (Phi) is 10.7. The van der Waals surface area contributed by atoms with Crippen LogP contribution in [0.2, 0.25) is 0 Å². The number of nitriles is 4. The van der Waals surface area contributed by atoms with Gasteiger partial charge in [0.25, 0.3) is 0 Å². The van der Waals surface area contributed by atoms with E-state index in [1.165, 1.54) is 0 Å². The van der Waals surface area contributed by atoms with Crippen LogP contribution in [0.4, 0.5) is 17.1 Å². The van der Waals surface area contributed by atoms with Crippen LogP contribution in [-0.4, -0.2) is 19.9 Å². The fourth-order valence-corrected chi connectivity index (χ4v) is 7.45. The fourth-order valence-electron chi connectivity index (χ4n) is 7.45. The molecule has 292 valence electrons. The Morgan fingerprint density at radius 2 is 0.476 bits per heavy atom. The molecule has 0 saturated heterocycles. The number of hydrogen-bond donors (Lipinski definition) is 0. The first-order chi connectivity index (χ1) is 31.0. The van der Waals surface area contributed by atoms with Gasteiger partial charge in [0.05, 0.1) is 22.8 Å². The minimum absolute atomic E-state index is 0.00438. The first kappa shape index (κ1) is 38.9. The van der Waals surface area contributed by atoms with E-state index in [1.54, 1.807) is 0 Å². The molecule has 0 aliphatic rings. The minimum Gasteiger partial charge on any atom is -0.311 e. The third-order valence-corrected chi connectivity index (χ3v) is 10.6. The summed E-state index contributed by atoms with van der Waals surface area (Å²) in [7, 11) is 0. The lowest BCUT2D eigenvalue weighted by Crippen LogP contribution is -2.09. The molecule has 63 heavy (non-hydrogen) atoms. The number of aromatic nitrogens is 4. The van der Waals surface area contributed by atoms with Crippen molar-refractivity contribution in [1.82, 2.24) is 19.9 Å². The van der Waals surface area contributed by atoms with Crippen LogP contribution < -0.4 is 4.90 Å². The Labute approximate surface area is 364 Å². The van der Waals surface area contributed by atoms with Crippen LogP contribution in [0, 0.1) is 45.3 Å². The number of anilines is 3. The smallest absolute Gasteiger partial charge is 0.177 e. The van der Waals surface area contributed by atoms with Crippen LogP contribution in [0.25, 0.3) is 67.3 Å². The van der Waals surface area contributed by atoms with Gasteiger partial charge in [-0.1, -0.05) is 152 Å². The van der Waals surface area contributed by atoms with Crippen molar-refractivity contribution in [2.75, 3.05) is 4.90 Å². The zero-order chi connectivity index (χ0) is 43.1. The normalized spacial score (nSPS) is 10.5. The van der Waals surface area contributed by atoms with Gasteiger partial charge >= 0.3 is 0 Å². The standard InChI is InChI=1S/C54H31N9/c55-32-47-49(34-57)61-53(51(59-47)40-10-4-1-5-11-40)42-20-16-36(17-21-42)38-24-28-45(29-25-38)63(44-14-8-3-9-15-44)46-30-26-39(27-31-46)37-18-22-43(23-19-37)54-52(41-12-6-2-7-13-41)60-48(33-56)50(35-58)62-54/h1-31H. The number of benzene rings is 7. The Morgan fingerprint density at radius 1 is 0.254 bits per heavy atom. The van der Waals surface area contributed by atoms with E-state index in [4.69, 9.17) is 0 Å².